The summed E-state index contributed by atoms with van der Waals surface area (Å²) < 4.78 is 2.56. The van der Waals surface area contributed by atoms with Crippen LogP contribution in [0.2, 0.25) is 0 Å². The lowest BCUT2D eigenvalue weighted by molar-refractivity contribution is 0.348. The molecule has 0 heterocycles. The van der Waals surface area contributed by atoms with Crippen LogP contribution in [0.1, 0.15) is 187 Å². The molecule has 0 radical (unpaired) electrons. The summed E-state index contributed by atoms with van der Waals surface area (Å²) in [6, 6.07) is 19.4. The van der Waals surface area contributed by atoms with Gasteiger partial charge in [-0.05, 0) is 167 Å². The Morgan fingerprint density at radius 1 is 0.407 bits per heavy atom. The van der Waals surface area contributed by atoms with Crippen LogP contribution in [0.5, 0.6) is 0 Å². The van der Waals surface area contributed by atoms with Gasteiger partial charge in [0.1, 0.15) is 0 Å². The van der Waals surface area contributed by atoms with E-state index in [0.717, 1.165) is 12.8 Å². The topological polar surface area (TPSA) is 0 Å². The van der Waals surface area contributed by atoms with Crippen molar-refractivity contribution < 1.29 is 0 Å². The first-order valence-corrected chi connectivity index (χ1v) is 22.5. The molecular formula is C52H68Br2. The van der Waals surface area contributed by atoms with Crippen molar-refractivity contribution in [2.75, 3.05) is 0 Å². The minimum atomic E-state index is 0.0940. The van der Waals surface area contributed by atoms with Gasteiger partial charge >= 0.3 is 0 Å². The molecule has 0 atom stereocenters. The molecule has 2 heteroatoms. The van der Waals surface area contributed by atoms with Gasteiger partial charge in [0.05, 0.1) is 0 Å². The molecular weight excluding hydrogens is 784 g/mol. The van der Waals surface area contributed by atoms with E-state index >= 15 is 0 Å². The van der Waals surface area contributed by atoms with E-state index in [0.29, 0.717) is 0 Å². The maximum absolute atomic E-state index is 3.95. The molecule has 0 unspecified atom stereocenters. The van der Waals surface area contributed by atoms with Crippen molar-refractivity contribution in [3.63, 3.8) is 0 Å². The van der Waals surface area contributed by atoms with Crippen molar-refractivity contribution >= 4 is 31.9 Å². The van der Waals surface area contributed by atoms with E-state index in [1.54, 1.807) is 33.4 Å². The molecule has 0 N–H and O–H groups in total. The van der Waals surface area contributed by atoms with Crippen LogP contribution in [0.3, 0.4) is 0 Å². The minimum Gasteiger partial charge on any atom is -0.0683 e. The summed E-state index contributed by atoms with van der Waals surface area (Å²) >= 11 is 7.90. The molecule has 0 saturated carbocycles. The maximum Gasteiger partial charge on any atom is 0.0247 e. The number of aryl methyl sites for hydroxylation is 6. The fourth-order valence-electron chi connectivity index (χ4n) is 12.5. The molecule has 0 bridgehead atoms. The zero-order valence-electron chi connectivity index (χ0n) is 36.6. The highest BCUT2D eigenvalue weighted by Gasteiger charge is 2.59. The van der Waals surface area contributed by atoms with Gasteiger partial charge in [-0.1, -0.05) is 162 Å². The fourth-order valence-corrected chi connectivity index (χ4v) is 14.4. The molecule has 54 heavy (non-hydrogen) atoms. The summed E-state index contributed by atoms with van der Waals surface area (Å²) in [5.74, 6) is 0. The molecule has 0 fully saturated rings. The van der Waals surface area contributed by atoms with Crippen molar-refractivity contribution in [1.29, 1.82) is 0 Å². The quantitative estimate of drug-likeness (QED) is 0.188. The molecule has 4 aromatic rings. The van der Waals surface area contributed by atoms with Gasteiger partial charge in [0, 0.05) is 19.8 Å². The predicted octanol–water partition coefficient (Wildman–Crippen LogP) is 15.6. The Labute approximate surface area is 347 Å². The SMILES string of the molecule is CC.CCc1cc(C)cc2c1C1(CC2(C)C)CC(C)(C)c2cc(C)cc(CC)c21.Cc1cc(Br)c2c(c1)C(C)(C)CC21CC(C)(C)c2cc(C)cc(Br)c21. The van der Waals surface area contributed by atoms with E-state index in [1.165, 1.54) is 79.1 Å². The van der Waals surface area contributed by atoms with Crippen LogP contribution in [-0.4, -0.2) is 0 Å². The average Bonchev–Trinajstić information content (AvgIpc) is 3.61. The normalized spacial score (nSPS) is 20.4. The Hall–Kier alpha value is -2.16. The first kappa shape index (κ1) is 41.5. The Morgan fingerprint density at radius 3 is 0.926 bits per heavy atom. The molecule has 4 aliphatic rings. The van der Waals surface area contributed by atoms with E-state index in [2.05, 4.69) is 177 Å². The Morgan fingerprint density at radius 2 is 0.648 bits per heavy atom. The molecule has 4 aliphatic carbocycles. The number of hydrogen-bond donors (Lipinski definition) is 0. The van der Waals surface area contributed by atoms with Gasteiger partial charge in [0.15, 0.2) is 0 Å². The molecule has 2 spiro atoms. The summed E-state index contributed by atoms with van der Waals surface area (Å²) in [5, 5.41) is 0. The molecule has 0 aliphatic heterocycles. The summed E-state index contributed by atoms with van der Waals surface area (Å²) in [7, 11) is 0. The molecule has 0 amide bonds. The van der Waals surface area contributed by atoms with Crippen LogP contribution in [0, 0.1) is 27.7 Å². The van der Waals surface area contributed by atoms with Crippen LogP contribution in [0.25, 0.3) is 0 Å². The third kappa shape index (κ3) is 6.26. The van der Waals surface area contributed by atoms with E-state index < -0.39 is 0 Å². The summed E-state index contributed by atoms with van der Waals surface area (Å²) in [5.41, 5.74) is 22.5. The van der Waals surface area contributed by atoms with Crippen molar-refractivity contribution in [2.45, 2.75) is 182 Å². The molecule has 0 nitrogen and oxygen atoms in total. The highest BCUT2D eigenvalue weighted by atomic mass is 79.9. The number of fused-ring (bicyclic) bond motifs is 8. The van der Waals surface area contributed by atoms with Crippen molar-refractivity contribution in [3.05, 3.63) is 135 Å². The van der Waals surface area contributed by atoms with Gasteiger partial charge in [-0.2, -0.15) is 0 Å². The lowest BCUT2D eigenvalue weighted by atomic mass is 9.70. The Bertz CT molecular complexity index is 1980. The fraction of sp³-hybridized carbons (Fsp3) is 0.538. The number of halogens is 2. The van der Waals surface area contributed by atoms with E-state index in [4.69, 9.17) is 0 Å². The van der Waals surface area contributed by atoms with Crippen molar-refractivity contribution in [3.8, 4) is 0 Å². The van der Waals surface area contributed by atoms with E-state index in [-0.39, 0.29) is 32.5 Å². The van der Waals surface area contributed by atoms with E-state index in [1.807, 2.05) is 13.8 Å². The second kappa shape index (κ2) is 13.7. The van der Waals surface area contributed by atoms with E-state index in [9.17, 15) is 0 Å². The first-order valence-electron chi connectivity index (χ1n) is 20.9. The van der Waals surface area contributed by atoms with Gasteiger partial charge in [-0.3, -0.25) is 0 Å². The summed E-state index contributed by atoms with van der Waals surface area (Å²) in [4.78, 5) is 0. The predicted molar refractivity (Wildman–Crippen MR) is 242 cm³/mol. The molecule has 8 rings (SSSR count). The Balaban J connectivity index is 0.000000177. The zero-order chi connectivity index (χ0) is 40.1. The molecule has 0 aromatic heterocycles. The van der Waals surface area contributed by atoms with Crippen molar-refractivity contribution in [2.24, 2.45) is 0 Å². The van der Waals surface area contributed by atoms with Gasteiger partial charge in [0.2, 0.25) is 0 Å². The van der Waals surface area contributed by atoms with Gasteiger partial charge in [-0.25, -0.2) is 0 Å². The first-order chi connectivity index (χ1) is 25.0. The standard InChI is InChI=1S/C27H36.C23H26Br2.C2H6/c1-9-19-11-17(3)13-21-23(19)27(15-25(21,5)6)16-26(7,8)22-14-18(4)12-20(10-2)24(22)27;1-13-7-15-19(17(24)9-13)23(11-21(15,3)4)12-22(5,6)16-8-14(2)10-18(25)20(16)23;1-2/h11-14H,9-10,15-16H2,1-8H3;7-10H,11-12H2,1-6H3;1-2H3. The van der Waals surface area contributed by atoms with Gasteiger partial charge in [-0.15, -0.1) is 0 Å². The largest absolute Gasteiger partial charge is 0.0683 e. The summed E-state index contributed by atoms with van der Waals surface area (Å²) in [6.45, 7) is 37.2. The van der Waals surface area contributed by atoms with Gasteiger partial charge < -0.3 is 0 Å². The van der Waals surface area contributed by atoms with Crippen LogP contribution in [0.15, 0.2) is 57.5 Å². The zero-order valence-corrected chi connectivity index (χ0v) is 39.8. The van der Waals surface area contributed by atoms with Crippen molar-refractivity contribution in [1.82, 2.24) is 0 Å². The number of benzene rings is 4. The smallest absolute Gasteiger partial charge is 0.0247 e. The third-order valence-corrected chi connectivity index (χ3v) is 15.0. The average molecular weight is 853 g/mol. The van der Waals surface area contributed by atoms with Crippen LogP contribution < -0.4 is 0 Å². The second-order valence-corrected chi connectivity index (χ2v) is 21.9. The lowest BCUT2D eigenvalue weighted by Gasteiger charge is -2.33. The Kier molecular flexibility index (Phi) is 10.6. The summed E-state index contributed by atoms with van der Waals surface area (Å²) in [6.07, 6.45) is 7.11. The maximum atomic E-state index is 3.95. The van der Waals surface area contributed by atoms with Gasteiger partial charge in [0.25, 0.3) is 0 Å². The molecule has 290 valence electrons. The van der Waals surface area contributed by atoms with Crippen LogP contribution in [0.4, 0.5) is 0 Å². The van der Waals surface area contributed by atoms with Crippen LogP contribution in [-0.2, 0) is 45.3 Å². The number of hydrogen-bond acceptors (Lipinski definition) is 0. The highest BCUT2D eigenvalue weighted by Crippen LogP contribution is 2.66. The monoisotopic (exact) mass is 850 g/mol. The molecule has 0 saturated heterocycles. The highest BCUT2D eigenvalue weighted by molar-refractivity contribution is 9.10. The lowest BCUT2D eigenvalue weighted by Crippen LogP contribution is -2.28. The minimum absolute atomic E-state index is 0.0940. The number of rotatable bonds is 2. The molecule has 4 aromatic carbocycles. The van der Waals surface area contributed by atoms with Crippen LogP contribution >= 0.6 is 31.9 Å². The second-order valence-electron chi connectivity index (χ2n) is 20.1. The third-order valence-electron chi connectivity index (χ3n) is 13.8.